The molecule has 29 heavy (non-hydrogen) atoms. The zero-order valence-electron chi connectivity index (χ0n) is 16.0. The van der Waals surface area contributed by atoms with Gasteiger partial charge in [0, 0.05) is 5.92 Å². The van der Waals surface area contributed by atoms with E-state index in [1.165, 1.54) is 26.8 Å². The number of rotatable bonds is 5. The van der Waals surface area contributed by atoms with Gasteiger partial charge in [0.15, 0.2) is 0 Å². The Balaban J connectivity index is 2.76. The van der Waals surface area contributed by atoms with E-state index in [0.29, 0.717) is 0 Å². The number of hydrogen-bond donors (Lipinski definition) is 2. The summed E-state index contributed by atoms with van der Waals surface area (Å²) in [5.41, 5.74) is 3.79. The second-order valence-electron chi connectivity index (χ2n) is 6.56. The third-order valence-electron chi connectivity index (χ3n) is 4.18. The Morgan fingerprint density at radius 1 is 1.24 bits per heavy atom. The van der Waals surface area contributed by atoms with Gasteiger partial charge in [0.2, 0.25) is 5.91 Å². The number of carbonyl (C=O) groups excluding carboxylic acids is 3. The summed E-state index contributed by atoms with van der Waals surface area (Å²) in [6, 6.07) is 4.36. The molecule has 2 atom stereocenters. The van der Waals surface area contributed by atoms with Crippen LogP contribution in [0.2, 0.25) is 0 Å². The molecule has 158 valence electrons. The summed E-state index contributed by atoms with van der Waals surface area (Å²) in [6.45, 7) is 4.45. The van der Waals surface area contributed by atoms with Crippen molar-refractivity contribution in [2.24, 2.45) is 11.7 Å². The first-order valence-electron chi connectivity index (χ1n) is 8.83. The first kappa shape index (κ1) is 22.3. The molecule has 0 spiro atoms. The number of esters is 2. The van der Waals surface area contributed by atoms with Crippen LogP contribution in [0.5, 0.6) is 0 Å². The van der Waals surface area contributed by atoms with Crippen LogP contribution in [-0.4, -0.2) is 30.6 Å². The Morgan fingerprint density at radius 3 is 2.41 bits per heavy atom. The number of alkyl halides is 3. The van der Waals surface area contributed by atoms with Crippen molar-refractivity contribution in [2.75, 3.05) is 6.61 Å². The smallest absolute Gasteiger partial charge is 0.416 e. The molecule has 0 fully saturated rings. The second-order valence-corrected chi connectivity index (χ2v) is 6.56. The van der Waals surface area contributed by atoms with Gasteiger partial charge in [0.1, 0.15) is 11.7 Å². The summed E-state index contributed by atoms with van der Waals surface area (Å²) >= 11 is 0. The largest absolute Gasteiger partial charge is 0.465 e. The maximum Gasteiger partial charge on any atom is 0.416 e. The molecular weight excluding hydrogens is 393 g/mol. The number of benzene rings is 1. The van der Waals surface area contributed by atoms with Crippen LogP contribution in [0.4, 0.5) is 13.2 Å². The van der Waals surface area contributed by atoms with Crippen molar-refractivity contribution >= 4 is 17.8 Å². The van der Waals surface area contributed by atoms with Gasteiger partial charge in [-0.2, -0.15) is 13.2 Å². The molecule has 2 unspecified atom stereocenters. The fourth-order valence-corrected chi connectivity index (χ4v) is 3.11. The van der Waals surface area contributed by atoms with Gasteiger partial charge in [-0.05, 0) is 32.4 Å². The predicted molar refractivity (Wildman–Crippen MR) is 94.9 cm³/mol. The Morgan fingerprint density at radius 2 is 1.86 bits per heavy atom. The third kappa shape index (κ3) is 4.69. The number of amides is 1. The van der Waals surface area contributed by atoms with Gasteiger partial charge in [0.05, 0.1) is 23.8 Å². The molecule has 1 aliphatic rings. The second kappa shape index (κ2) is 8.54. The van der Waals surface area contributed by atoms with Gasteiger partial charge >= 0.3 is 18.1 Å². The summed E-state index contributed by atoms with van der Waals surface area (Å²) in [5, 5.41) is 2.17. The van der Waals surface area contributed by atoms with Gasteiger partial charge in [0.25, 0.3) is 0 Å². The summed E-state index contributed by atoms with van der Waals surface area (Å²) in [6.07, 6.45) is -5.41. The molecule has 1 aromatic carbocycles. The minimum atomic E-state index is -4.80. The van der Waals surface area contributed by atoms with Crippen LogP contribution in [-0.2, 0) is 30.0 Å². The molecule has 0 aliphatic carbocycles. The van der Waals surface area contributed by atoms with E-state index in [2.05, 4.69) is 5.32 Å². The maximum absolute atomic E-state index is 13.6. The van der Waals surface area contributed by atoms with Gasteiger partial charge < -0.3 is 20.5 Å². The molecule has 0 bridgehead atoms. The number of halogens is 3. The first-order chi connectivity index (χ1) is 13.5. The fraction of sp³-hybridized carbons (Fsp3) is 0.421. The number of nitrogens with one attached hydrogen (secondary N) is 1. The molecular formula is C19H21F3N2O5. The summed E-state index contributed by atoms with van der Waals surface area (Å²) in [4.78, 5) is 37.6. The van der Waals surface area contributed by atoms with Gasteiger partial charge in [-0.25, -0.2) is 4.79 Å². The number of ether oxygens (including phenoxy) is 2. The highest BCUT2D eigenvalue weighted by Crippen LogP contribution is 2.43. The Kier molecular flexibility index (Phi) is 6.55. The Labute approximate surface area is 165 Å². The minimum absolute atomic E-state index is 0.110. The van der Waals surface area contributed by atoms with E-state index < -0.39 is 64.5 Å². The average Bonchev–Trinajstić information content (AvgIpc) is 2.59. The molecule has 7 nitrogen and oxygen atoms in total. The topological polar surface area (TPSA) is 108 Å². The number of nitrogens with two attached hydrogens (primary N) is 1. The molecule has 1 aromatic rings. The van der Waals surface area contributed by atoms with Crippen LogP contribution in [0.15, 0.2) is 35.7 Å². The SMILES string of the molecule is CCOC(=O)C1C(=O)NC(N)=C(C(=O)OC(C)C)C1c1ccccc1C(F)(F)F. The standard InChI is InChI=1S/C19H21F3N2O5/c1-4-28-17(26)14-12(10-7-5-6-8-11(10)19(20,21)22)13(15(23)24-16(14)25)18(27)29-9(2)3/h5-9,12,14H,4,23H2,1-3H3,(H,24,25). The van der Waals surface area contributed by atoms with Crippen LogP contribution in [0.25, 0.3) is 0 Å². The van der Waals surface area contributed by atoms with Gasteiger partial charge in [-0.1, -0.05) is 18.2 Å². The van der Waals surface area contributed by atoms with E-state index >= 15 is 0 Å². The summed E-state index contributed by atoms with van der Waals surface area (Å²) < 4.78 is 50.9. The highest BCUT2D eigenvalue weighted by atomic mass is 19.4. The fourth-order valence-electron chi connectivity index (χ4n) is 3.11. The zero-order valence-corrected chi connectivity index (χ0v) is 16.0. The lowest BCUT2D eigenvalue weighted by Gasteiger charge is -2.33. The lowest BCUT2D eigenvalue weighted by atomic mass is 9.75. The molecule has 2 rings (SSSR count). The zero-order chi connectivity index (χ0) is 21.9. The van der Waals surface area contributed by atoms with Crippen molar-refractivity contribution in [3.63, 3.8) is 0 Å². The van der Waals surface area contributed by atoms with Gasteiger partial charge in [-0.15, -0.1) is 0 Å². The molecule has 0 aromatic heterocycles. The molecule has 0 radical (unpaired) electrons. The van der Waals surface area contributed by atoms with Crippen LogP contribution < -0.4 is 11.1 Å². The van der Waals surface area contributed by atoms with Crippen LogP contribution >= 0.6 is 0 Å². The normalized spacial score (nSPS) is 19.8. The van der Waals surface area contributed by atoms with E-state index in [1.807, 2.05) is 0 Å². The van der Waals surface area contributed by atoms with E-state index in [-0.39, 0.29) is 6.61 Å². The van der Waals surface area contributed by atoms with E-state index in [0.717, 1.165) is 18.2 Å². The Hall–Kier alpha value is -3.04. The summed E-state index contributed by atoms with van der Waals surface area (Å²) in [7, 11) is 0. The van der Waals surface area contributed by atoms with Crippen molar-refractivity contribution < 1.29 is 37.0 Å². The van der Waals surface area contributed by atoms with Crippen LogP contribution in [0, 0.1) is 5.92 Å². The minimum Gasteiger partial charge on any atom is -0.465 e. The Bertz CT molecular complexity index is 848. The van der Waals surface area contributed by atoms with Crippen molar-refractivity contribution in [1.29, 1.82) is 0 Å². The summed E-state index contributed by atoms with van der Waals surface area (Å²) in [5.74, 6) is -6.93. The number of hydrogen-bond acceptors (Lipinski definition) is 6. The van der Waals surface area contributed by atoms with E-state index in [1.54, 1.807) is 0 Å². The molecule has 1 amide bonds. The van der Waals surface area contributed by atoms with Crippen molar-refractivity contribution in [3.8, 4) is 0 Å². The third-order valence-corrected chi connectivity index (χ3v) is 4.18. The maximum atomic E-state index is 13.6. The van der Waals surface area contributed by atoms with Crippen molar-refractivity contribution in [3.05, 3.63) is 46.8 Å². The molecule has 1 heterocycles. The predicted octanol–water partition coefficient (Wildman–Crippen LogP) is 2.22. The average molecular weight is 414 g/mol. The lowest BCUT2D eigenvalue weighted by Crippen LogP contribution is -2.49. The van der Waals surface area contributed by atoms with E-state index in [9.17, 15) is 27.6 Å². The highest BCUT2D eigenvalue weighted by molar-refractivity contribution is 6.05. The highest BCUT2D eigenvalue weighted by Gasteiger charge is 2.49. The van der Waals surface area contributed by atoms with Gasteiger partial charge in [-0.3, -0.25) is 9.59 Å². The number of carbonyl (C=O) groups is 3. The van der Waals surface area contributed by atoms with Crippen molar-refractivity contribution in [1.82, 2.24) is 5.32 Å². The van der Waals surface area contributed by atoms with Crippen molar-refractivity contribution in [2.45, 2.75) is 39.0 Å². The van der Waals surface area contributed by atoms with E-state index in [4.69, 9.17) is 15.2 Å². The molecule has 3 N–H and O–H groups in total. The first-order valence-corrected chi connectivity index (χ1v) is 8.83. The quantitative estimate of drug-likeness (QED) is 0.565. The monoisotopic (exact) mass is 414 g/mol. The van der Waals surface area contributed by atoms with Crippen LogP contribution in [0.3, 0.4) is 0 Å². The molecule has 0 saturated carbocycles. The van der Waals surface area contributed by atoms with Crippen LogP contribution in [0.1, 0.15) is 37.8 Å². The molecule has 1 aliphatic heterocycles. The lowest BCUT2D eigenvalue weighted by molar-refractivity contribution is -0.154. The molecule has 0 saturated heterocycles. The molecule has 10 heteroatoms.